The van der Waals surface area contributed by atoms with E-state index in [1.165, 1.54) is 4.31 Å². The van der Waals surface area contributed by atoms with Crippen molar-refractivity contribution < 1.29 is 8.42 Å². The Morgan fingerprint density at radius 1 is 1.38 bits per heavy atom. The quantitative estimate of drug-likeness (QED) is 0.770. The number of likely N-dealkylation sites (N-methyl/N-ethyl adjacent to an activating group) is 1. The number of hydrogen-bond acceptors (Lipinski definition) is 4. The maximum Gasteiger partial charge on any atom is 0.246 e. The molecular weight excluding hydrogens is 288 g/mol. The van der Waals surface area contributed by atoms with E-state index in [0.29, 0.717) is 17.1 Å². The highest BCUT2D eigenvalue weighted by Gasteiger charge is 2.35. The van der Waals surface area contributed by atoms with E-state index in [9.17, 15) is 8.42 Å². The minimum absolute atomic E-state index is 0.152. The summed E-state index contributed by atoms with van der Waals surface area (Å²) >= 11 is 0. The van der Waals surface area contributed by atoms with Crippen LogP contribution in [-0.2, 0) is 16.6 Å². The molecule has 0 aromatic carbocycles. The van der Waals surface area contributed by atoms with Gasteiger partial charge in [-0.3, -0.25) is 4.68 Å². The van der Waals surface area contributed by atoms with E-state index in [-0.39, 0.29) is 6.04 Å². The molecule has 0 spiro atoms. The molecule has 0 amide bonds. The molecule has 0 radical (unpaired) electrons. The Balaban J connectivity index is 2.26. The molecule has 120 valence electrons. The fourth-order valence-electron chi connectivity index (χ4n) is 2.72. The summed E-state index contributed by atoms with van der Waals surface area (Å²) in [5.74, 6) is 0. The third-order valence-corrected chi connectivity index (χ3v) is 6.45. The number of sulfonamides is 1. The van der Waals surface area contributed by atoms with E-state index in [2.05, 4.69) is 10.4 Å². The molecule has 1 aromatic heterocycles. The average molecular weight is 314 g/mol. The van der Waals surface area contributed by atoms with Crippen molar-refractivity contribution >= 4 is 10.0 Å². The highest BCUT2D eigenvalue weighted by atomic mass is 32.2. The molecule has 6 nitrogen and oxygen atoms in total. The van der Waals surface area contributed by atoms with Gasteiger partial charge in [0.25, 0.3) is 0 Å². The first-order chi connectivity index (χ1) is 9.89. The molecule has 0 bridgehead atoms. The van der Waals surface area contributed by atoms with Crippen LogP contribution in [0.25, 0.3) is 0 Å². The fraction of sp³-hybridized carbons (Fsp3) is 0.786. The maximum absolute atomic E-state index is 12.8. The second kappa shape index (κ2) is 6.46. The van der Waals surface area contributed by atoms with Gasteiger partial charge >= 0.3 is 0 Å². The fourth-order valence-corrected chi connectivity index (χ4v) is 4.51. The van der Waals surface area contributed by atoms with Crippen molar-refractivity contribution in [3.05, 3.63) is 11.4 Å². The summed E-state index contributed by atoms with van der Waals surface area (Å²) in [7, 11) is -1.75. The van der Waals surface area contributed by atoms with Gasteiger partial charge in [0.1, 0.15) is 4.90 Å². The molecule has 1 heterocycles. The molecule has 0 unspecified atom stereocenters. The van der Waals surface area contributed by atoms with E-state index in [4.69, 9.17) is 0 Å². The van der Waals surface area contributed by atoms with Crippen molar-refractivity contribution in [2.45, 2.75) is 57.5 Å². The van der Waals surface area contributed by atoms with Crippen molar-refractivity contribution in [3.63, 3.8) is 0 Å². The molecule has 0 saturated heterocycles. The van der Waals surface area contributed by atoms with Crippen molar-refractivity contribution in [1.29, 1.82) is 0 Å². The first-order valence-electron chi connectivity index (χ1n) is 7.62. The van der Waals surface area contributed by atoms with Gasteiger partial charge in [0, 0.05) is 19.6 Å². The Hall–Kier alpha value is -0.920. The van der Waals surface area contributed by atoms with Crippen LogP contribution in [-0.4, -0.2) is 48.7 Å². The van der Waals surface area contributed by atoms with Gasteiger partial charge in [0.05, 0.1) is 17.9 Å². The largest absolute Gasteiger partial charge is 0.315 e. The summed E-state index contributed by atoms with van der Waals surface area (Å²) in [5.41, 5.74) is 1.33. The van der Waals surface area contributed by atoms with Crippen molar-refractivity contribution in [3.8, 4) is 0 Å². The first kappa shape index (κ1) is 16.5. The van der Waals surface area contributed by atoms with Crippen LogP contribution in [0, 0.1) is 13.8 Å². The molecule has 1 saturated carbocycles. The summed E-state index contributed by atoms with van der Waals surface area (Å²) in [6.45, 7) is 8.03. The van der Waals surface area contributed by atoms with E-state index < -0.39 is 10.0 Å². The molecule has 1 aromatic rings. The van der Waals surface area contributed by atoms with Gasteiger partial charge in [-0.15, -0.1) is 0 Å². The van der Waals surface area contributed by atoms with Gasteiger partial charge in [0.15, 0.2) is 0 Å². The number of nitrogens with one attached hydrogen (secondary N) is 1. The van der Waals surface area contributed by atoms with E-state index >= 15 is 0 Å². The molecule has 1 aliphatic rings. The molecule has 1 fully saturated rings. The minimum Gasteiger partial charge on any atom is -0.315 e. The van der Waals surface area contributed by atoms with Gasteiger partial charge in [-0.25, -0.2) is 8.42 Å². The summed E-state index contributed by atoms with van der Waals surface area (Å²) in [6.07, 6.45) is 3.04. The van der Waals surface area contributed by atoms with Crippen LogP contribution in [0.1, 0.15) is 37.6 Å². The Labute approximate surface area is 127 Å². The van der Waals surface area contributed by atoms with Crippen LogP contribution in [0.15, 0.2) is 4.90 Å². The van der Waals surface area contributed by atoms with Gasteiger partial charge in [-0.05, 0) is 33.2 Å². The maximum atomic E-state index is 12.8. The number of rotatable bonds is 7. The van der Waals surface area contributed by atoms with Crippen LogP contribution in [0.3, 0.4) is 0 Å². The minimum atomic E-state index is -3.44. The van der Waals surface area contributed by atoms with Gasteiger partial charge in [0.2, 0.25) is 10.0 Å². The lowest BCUT2D eigenvalue weighted by Gasteiger charge is -2.33. The third-order valence-electron chi connectivity index (χ3n) is 4.29. The van der Waals surface area contributed by atoms with Crippen molar-refractivity contribution in [1.82, 2.24) is 19.4 Å². The van der Waals surface area contributed by atoms with Gasteiger partial charge in [-0.1, -0.05) is 13.3 Å². The van der Waals surface area contributed by atoms with E-state index in [1.54, 1.807) is 18.7 Å². The van der Waals surface area contributed by atoms with Gasteiger partial charge in [-0.2, -0.15) is 9.40 Å². The standard InChI is InChI=1S/C14H26N4O2S/c1-5-15-9-10-18-12(3)14(11(2)16-18)21(19,20)17(4)13-7-6-8-13/h13,15H,5-10H2,1-4H3. The van der Waals surface area contributed by atoms with Crippen LogP contribution >= 0.6 is 0 Å². The second-order valence-electron chi connectivity index (χ2n) is 5.68. The van der Waals surface area contributed by atoms with Crippen LogP contribution in [0.5, 0.6) is 0 Å². The zero-order valence-corrected chi connectivity index (χ0v) is 14.2. The highest BCUT2D eigenvalue weighted by Crippen LogP contribution is 2.30. The molecular formula is C14H26N4O2S. The van der Waals surface area contributed by atoms with E-state index in [1.807, 2.05) is 13.8 Å². The van der Waals surface area contributed by atoms with E-state index in [0.717, 1.165) is 38.0 Å². The lowest BCUT2D eigenvalue weighted by atomic mass is 9.94. The molecule has 21 heavy (non-hydrogen) atoms. The lowest BCUT2D eigenvalue weighted by Crippen LogP contribution is -2.41. The normalized spacial score (nSPS) is 16.4. The highest BCUT2D eigenvalue weighted by molar-refractivity contribution is 7.89. The van der Waals surface area contributed by atoms with Gasteiger partial charge < -0.3 is 5.32 Å². The van der Waals surface area contributed by atoms with Crippen LogP contribution in [0.4, 0.5) is 0 Å². The first-order valence-corrected chi connectivity index (χ1v) is 9.06. The predicted octanol–water partition coefficient (Wildman–Crippen LogP) is 1.28. The number of hydrogen-bond donors (Lipinski definition) is 1. The molecule has 2 rings (SSSR count). The summed E-state index contributed by atoms with van der Waals surface area (Å²) < 4.78 is 28.9. The zero-order valence-electron chi connectivity index (χ0n) is 13.4. The number of aryl methyl sites for hydroxylation is 1. The summed E-state index contributed by atoms with van der Waals surface area (Å²) in [5, 5.41) is 7.63. The summed E-state index contributed by atoms with van der Waals surface area (Å²) in [6, 6.07) is 0.152. The second-order valence-corrected chi connectivity index (χ2v) is 7.62. The third kappa shape index (κ3) is 3.14. The number of nitrogens with zero attached hydrogens (tertiary/aromatic N) is 3. The smallest absolute Gasteiger partial charge is 0.246 e. The topological polar surface area (TPSA) is 67.2 Å². The zero-order chi connectivity index (χ0) is 15.6. The molecule has 0 atom stereocenters. The molecule has 0 aliphatic heterocycles. The Morgan fingerprint density at radius 3 is 2.57 bits per heavy atom. The van der Waals surface area contributed by atoms with Crippen LogP contribution in [0.2, 0.25) is 0 Å². The Kier molecular flexibility index (Phi) is 5.06. The summed E-state index contributed by atoms with van der Waals surface area (Å²) in [4.78, 5) is 0.383. The van der Waals surface area contributed by atoms with Crippen molar-refractivity contribution in [2.75, 3.05) is 20.1 Å². The molecule has 1 aliphatic carbocycles. The average Bonchev–Trinajstić information content (AvgIpc) is 2.63. The molecule has 1 N–H and O–H groups in total. The Morgan fingerprint density at radius 2 is 2.05 bits per heavy atom. The predicted molar refractivity (Wildman–Crippen MR) is 82.8 cm³/mol. The number of aromatic nitrogens is 2. The van der Waals surface area contributed by atoms with Crippen LogP contribution < -0.4 is 5.32 Å². The van der Waals surface area contributed by atoms with Crippen molar-refractivity contribution in [2.24, 2.45) is 0 Å². The Bertz CT molecular complexity index is 590. The molecule has 7 heteroatoms. The monoisotopic (exact) mass is 314 g/mol. The lowest BCUT2D eigenvalue weighted by molar-refractivity contribution is 0.249. The SMILES string of the molecule is CCNCCn1nc(C)c(S(=O)(=O)N(C)C2CCC2)c1C.